The van der Waals surface area contributed by atoms with Gasteiger partial charge in [0.25, 0.3) is 0 Å². The fourth-order valence-electron chi connectivity index (χ4n) is 1.81. The lowest BCUT2D eigenvalue weighted by Crippen LogP contribution is -2.34. The molecule has 1 N–H and O–H groups in total. The molecule has 5 heteroatoms. The summed E-state index contributed by atoms with van der Waals surface area (Å²) in [5.74, 6) is 0. The first-order valence-corrected chi connectivity index (χ1v) is 7.67. The number of hydrogen-bond donors (Lipinski definition) is 1. The number of nitrogens with one attached hydrogen (secondary N) is 1. The highest BCUT2D eigenvalue weighted by Gasteiger charge is 2.16. The van der Waals surface area contributed by atoms with E-state index < -0.39 is 10.0 Å². The topological polar surface area (TPSA) is 55.4 Å². The molecule has 0 saturated heterocycles. The van der Waals surface area contributed by atoms with Crippen molar-refractivity contribution in [2.45, 2.75) is 57.3 Å². The quantitative estimate of drug-likeness (QED) is 0.728. The van der Waals surface area contributed by atoms with E-state index in [1.807, 2.05) is 0 Å². The predicted molar refractivity (Wildman–Crippen MR) is 64.9 cm³/mol. The Hall–Kier alpha value is -0.130. The Kier molecular flexibility index (Phi) is 5.72. The first-order valence-electron chi connectivity index (χ1n) is 6.12. The molecule has 0 unspecified atom stereocenters. The minimum atomic E-state index is -3.13. The van der Waals surface area contributed by atoms with E-state index in [9.17, 15) is 8.42 Å². The molecule has 0 radical (unpaired) electrons. The van der Waals surface area contributed by atoms with Gasteiger partial charge in [0.15, 0.2) is 0 Å². The molecule has 1 aliphatic rings. The first kappa shape index (κ1) is 13.9. The molecule has 0 aromatic heterocycles. The minimum absolute atomic E-state index is 0.345. The van der Waals surface area contributed by atoms with Gasteiger partial charge in [-0.05, 0) is 26.7 Å². The maximum Gasteiger partial charge on any atom is 0.214 e. The molecule has 1 fully saturated rings. The number of sulfonamides is 1. The standard InChI is InChI=1S/C11H23NO3S/c1-10(2)16(13,14)12-8-9-15-11-6-4-3-5-7-11/h10-12H,3-9H2,1-2H3. The van der Waals surface area contributed by atoms with Crippen molar-refractivity contribution in [2.24, 2.45) is 0 Å². The van der Waals surface area contributed by atoms with Gasteiger partial charge in [-0.3, -0.25) is 0 Å². The Morgan fingerprint density at radius 3 is 2.44 bits per heavy atom. The summed E-state index contributed by atoms with van der Waals surface area (Å²) < 4.78 is 31.0. The van der Waals surface area contributed by atoms with Crippen LogP contribution in [0.25, 0.3) is 0 Å². The van der Waals surface area contributed by atoms with E-state index in [4.69, 9.17) is 4.74 Å². The average molecular weight is 249 g/mol. The predicted octanol–water partition coefficient (Wildman–Crippen LogP) is 1.66. The van der Waals surface area contributed by atoms with Crippen LogP contribution in [0.4, 0.5) is 0 Å². The van der Waals surface area contributed by atoms with Gasteiger partial charge in [-0.1, -0.05) is 19.3 Å². The van der Waals surface area contributed by atoms with Gasteiger partial charge in [0, 0.05) is 6.54 Å². The molecule has 96 valence electrons. The van der Waals surface area contributed by atoms with Gasteiger partial charge in [-0.15, -0.1) is 0 Å². The normalized spacial score (nSPS) is 19.2. The third kappa shape index (κ3) is 4.80. The van der Waals surface area contributed by atoms with Crippen molar-refractivity contribution < 1.29 is 13.2 Å². The second kappa shape index (κ2) is 6.57. The summed E-state index contributed by atoms with van der Waals surface area (Å²) in [7, 11) is -3.13. The van der Waals surface area contributed by atoms with E-state index in [2.05, 4.69) is 4.72 Å². The summed E-state index contributed by atoms with van der Waals surface area (Å²) in [6.45, 7) is 4.21. The van der Waals surface area contributed by atoms with Gasteiger partial charge in [0.05, 0.1) is 18.0 Å². The van der Waals surface area contributed by atoms with Gasteiger partial charge in [0.2, 0.25) is 10.0 Å². The lowest BCUT2D eigenvalue weighted by Gasteiger charge is -2.22. The molecular formula is C11H23NO3S. The van der Waals surface area contributed by atoms with E-state index in [0.717, 1.165) is 12.8 Å². The fraction of sp³-hybridized carbons (Fsp3) is 1.00. The Morgan fingerprint density at radius 2 is 1.88 bits per heavy atom. The Morgan fingerprint density at radius 1 is 1.25 bits per heavy atom. The van der Waals surface area contributed by atoms with Crippen LogP contribution in [0.15, 0.2) is 0 Å². The number of hydrogen-bond acceptors (Lipinski definition) is 3. The smallest absolute Gasteiger partial charge is 0.214 e. The molecule has 1 saturated carbocycles. The monoisotopic (exact) mass is 249 g/mol. The van der Waals surface area contributed by atoms with Crippen molar-refractivity contribution in [3.63, 3.8) is 0 Å². The van der Waals surface area contributed by atoms with Crippen molar-refractivity contribution in [2.75, 3.05) is 13.2 Å². The van der Waals surface area contributed by atoms with Crippen molar-refractivity contribution in [1.82, 2.24) is 4.72 Å². The number of ether oxygens (including phenoxy) is 1. The highest BCUT2D eigenvalue weighted by molar-refractivity contribution is 7.90. The molecule has 0 spiro atoms. The Balaban J connectivity index is 2.11. The van der Waals surface area contributed by atoms with Crippen molar-refractivity contribution in [1.29, 1.82) is 0 Å². The van der Waals surface area contributed by atoms with E-state index in [1.165, 1.54) is 19.3 Å². The van der Waals surface area contributed by atoms with Gasteiger partial charge < -0.3 is 4.74 Å². The second-order valence-corrected chi connectivity index (χ2v) is 6.94. The molecule has 0 aromatic carbocycles. The molecule has 16 heavy (non-hydrogen) atoms. The van der Waals surface area contributed by atoms with Crippen LogP contribution in [-0.2, 0) is 14.8 Å². The van der Waals surface area contributed by atoms with Crippen LogP contribution >= 0.6 is 0 Å². The summed E-state index contributed by atoms with van der Waals surface area (Å²) in [5.41, 5.74) is 0. The van der Waals surface area contributed by atoms with Crippen molar-refractivity contribution >= 4 is 10.0 Å². The third-order valence-electron chi connectivity index (χ3n) is 2.93. The Labute approximate surface area is 98.8 Å². The largest absolute Gasteiger partial charge is 0.377 e. The summed E-state index contributed by atoms with van der Waals surface area (Å²) in [5, 5.41) is -0.373. The van der Waals surface area contributed by atoms with Crippen LogP contribution in [0.1, 0.15) is 46.0 Å². The average Bonchev–Trinajstić information content (AvgIpc) is 2.26. The number of rotatable bonds is 6. The van der Waals surface area contributed by atoms with Crippen LogP contribution in [0.5, 0.6) is 0 Å². The van der Waals surface area contributed by atoms with Crippen LogP contribution < -0.4 is 4.72 Å². The lowest BCUT2D eigenvalue weighted by atomic mass is 9.98. The third-order valence-corrected chi connectivity index (χ3v) is 4.78. The fourth-order valence-corrected chi connectivity index (χ4v) is 2.51. The molecular weight excluding hydrogens is 226 g/mol. The summed E-state index contributed by atoms with van der Waals surface area (Å²) in [4.78, 5) is 0. The van der Waals surface area contributed by atoms with Gasteiger partial charge in [0.1, 0.15) is 0 Å². The molecule has 1 aliphatic carbocycles. The van der Waals surface area contributed by atoms with Crippen LogP contribution in [0.2, 0.25) is 0 Å². The van der Waals surface area contributed by atoms with E-state index in [-0.39, 0.29) is 5.25 Å². The second-order valence-electron chi connectivity index (χ2n) is 4.62. The molecule has 0 aliphatic heterocycles. The molecule has 0 bridgehead atoms. The molecule has 0 heterocycles. The highest BCUT2D eigenvalue weighted by atomic mass is 32.2. The summed E-state index contributed by atoms with van der Waals surface area (Å²) in [6.07, 6.45) is 6.37. The van der Waals surface area contributed by atoms with Crippen LogP contribution in [0.3, 0.4) is 0 Å². The summed E-state index contributed by atoms with van der Waals surface area (Å²) >= 11 is 0. The molecule has 0 aromatic rings. The maximum atomic E-state index is 11.4. The molecule has 4 nitrogen and oxygen atoms in total. The maximum absolute atomic E-state index is 11.4. The van der Waals surface area contributed by atoms with Gasteiger partial charge >= 0.3 is 0 Å². The lowest BCUT2D eigenvalue weighted by molar-refractivity contribution is 0.0321. The van der Waals surface area contributed by atoms with E-state index in [0.29, 0.717) is 19.3 Å². The Bertz CT molecular complexity index is 282. The SMILES string of the molecule is CC(C)S(=O)(=O)NCCOC1CCCCC1. The van der Waals surface area contributed by atoms with E-state index >= 15 is 0 Å². The minimum Gasteiger partial charge on any atom is -0.377 e. The van der Waals surface area contributed by atoms with Crippen molar-refractivity contribution in [3.8, 4) is 0 Å². The van der Waals surface area contributed by atoms with E-state index in [1.54, 1.807) is 13.8 Å². The first-order chi connectivity index (χ1) is 7.52. The molecule has 0 amide bonds. The molecule has 1 rings (SSSR count). The summed E-state index contributed by atoms with van der Waals surface area (Å²) in [6, 6.07) is 0. The van der Waals surface area contributed by atoms with Crippen LogP contribution in [0, 0.1) is 0 Å². The zero-order valence-electron chi connectivity index (χ0n) is 10.2. The highest BCUT2D eigenvalue weighted by Crippen LogP contribution is 2.19. The van der Waals surface area contributed by atoms with Crippen molar-refractivity contribution in [3.05, 3.63) is 0 Å². The zero-order valence-corrected chi connectivity index (χ0v) is 11.1. The van der Waals surface area contributed by atoms with Gasteiger partial charge in [-0.25, -0.2) is 13.1 Å². The molecule has 0 atom stereocenters. The van der Waals surface area contributed by atoms with Crippen LogP contribution in [-0.4, -0.2) is 32.9 Å². The zero-order chi connectivity index (χ0) is 12.0. The van der Waals surface area contributed by atoms with Gasteiger partial charge in [-0.2, -0.15) is 0 Å².